The van der Waals surface area contributed by atoms with Gasteiger partial charge in [0.15, 0.2) is 0 Å². The monoisotopic (exact) mass is 262 g/mol. The Morgan fingerprint density at radius 2 is 2.11 bits per heavy atom. The third-order valence-corrected chi connectivity index (χ3v) is 3.63. The summed E-state index contributed by atoms with van der Waals surface area (Å²) < 4.78 is 5.16. The van der Waals surface area contributed by atoms with E-state index in [-0.39, 0.29) is 0 Å². The van der Waals surface area contributed by atoms with Crippen molar-refractivity contribution < 1.29 is 4.74 Å². The van der Waals surface area contributed by atoms with Crippen LogP contribution in [0.1, 0.15) is 30.9 Å². The van der Waals surface area contributed by atoms with Gasteiger partial charge in [0.2, 0.25) is 0 Å². The maximum atomic E-state index is 5.16. The Labute approximate surface area is 116 Å². The van der Waals surface area contributed by atoms with Crippen LogP contribution in [-0.2, 0) is 17.8 Å². The highest BCUT2D eigenvalue weighted by Gasteiger charge is 2.19. The molecule has 0 aliphatic heterocycles. The first-order valence-electron chi connectivity index (χ1n) is 7.34. The minimum absolute atomic E-state index is 0.775. The third kappa shape index (κ3) is 5.31. The van der Waals surface area contributed by atoms with Crippen LogP contribution in [0.25, 0.3) is 0 Å². The first-order chi connectivity index (χ1) is 9.31. The molecule has 1 aromatic carbocycles. The summed E-state index contributed by atoms with van der Waals surface area (Å²) in [6.07, 6.45) is 2.70. The van der Waals surface area contributed by atoms with Crippen LogP contribution in [0.2, 0.25) is 0 Å². The number of nitrogens with zero attached hydrogens (tertiary/aromatic N) is 1. The molecule has 0 saturated heterocycles. The smallest absolute Gasteiger partial charge is 0.0589 e. The molecule has 106 valence electrons. The predicted molar refractivity (Wildman–Crippen MR) is 79.1 cm³/mol. The van der Waals surface area contributed by atoms with E-state index in [0.29, 0.717) is 0 Å². The first kappa shape index (κ1) is 14.5. The summed E-state index contributed by atoms with van der Waals surface area (Å²) in [4.78, 5) is 2.41. The highest BCUT2D eigenvalue weighted by atomic mass is 16.5. The number of likely N-dealkylation sites (N-methyl/N-ethyl adjacent to an activating group) is 1. The second-order valence-electron chi connectivity index (χ2n) is 5.34. The zero-order valence-electron chi connectivity index (χ0n) is 12.2. The molecular weight excluding hydrogens is 236 g/mol. The SMILES string of the molecule is CCN(CCOC)Cc1cccc(CNC2CC2)c1. The molecule has 0 spiro atoms. The summed E-state index contributed by atoms with van der Waals surface area (Å²) in [5.41, 5.74) is 2.79. The molecule has 0 atom stereocenters. The lowest BCUT2D eigenvalue weighted by molar-refractivity contribution is 0.147. The Kier molecular flexibility index (Phi) is 5.83. The van der Waals surface area contributed by atoms with Crippen molar-refractivity contribution in [3.63, 3.8) is 0 Å². The van der Waals surface area contributed by atoms with Crippen molar-refractivity contribution in [3.8, 4) is 0 Å². The molecule has 19 heavy (non-hydrogen) atoms. The largest absolute Gasteiger partial charge is 0.383 e. The van der Waals surface area contributed by atoms with Crippen LogP contribution in [0.4, 0.5) is 0 Å². The fraction of sp³-hybridized carbons (Fsp3) is 0.625. The quantitative estimate of drug-likeness (QED) is 0.739. The van der Waals surface area contributed by atoms with Crippen LogP contribution >= 0.6 is 0 Å². The van der Waals surface area contributed by atoms with Gasteiger partial charge in [-0.3, -0.25) is 4.90 Å². The molecule has 2 rings (SSSR count). The molecule has 1 aliphatic rings. The molecule has 3 heteroatoms. The summed E-state index contributed by atoms with van der Waals surface area (Å²) in [5.74, 6) is 0. The zero-order chi connectivity index (χ0) is 13.5. The maximum Gasteiger partial charge on any atom is 0.0589 e. The Morgan fingerprint density at radius 3 is 2.79 bits per heavy atom. The first-order valence-corrected chi connectivity index (χ1v) is 7.34. The van der Waals surface area contributed by atoms with Crippen molar-refractivity contribution in [1.29, 1.82) is 0 Å². The number of nitrogens with one attached hydrogen (secondary N) is 1. The minimum atomic E-state index is 0.775. The predicted octanol–water partition coefficient (Wildman–Crippen LogP) is 2.41. The van der Waals surface area contributed by atoms with Gasteiger partial charge in [-0.1, -0.05) is 31.2 Å². The Hall–Kier alpha value is -0.900. The average molecular weight is 262 g/mol. The summed E-state index contributed by atoms with van der Waals surface area (Å²) in [7, 11) is 1.76. The van der Waals surface area contributed by atoms with Gasteiger partial charge in [0.05, 0.1) is 6.61 Å². The minimum Gasteiger partial charge on any atom is -0.383 e. The molecule has 1 saturated carbocycles. The van der Waals surface area contributed by atoms with Crippen LogP contribution < -0.4 is 5.32 Å². The van der Waals surface area contributed by atoms with Gasteiger partial charge in [-0.05, 0) is 30.5 Å². The van der Waals surface area contributed by atoms with E-state index < -0.39 is 0 Å². The van der Waals surface area contributed by atoms with E-state index in [1.165, 1.54) is 24.0 Å². The highest BCUT2D eigenvalue weighted by molar-refractivity contribution is 5.23. The molecule has 0 heterocycles. The summed E-state index contributed by atoms with van der Waals surface area (Å²) in [6.45, 7) is 7.08. The number of ether oxygens (including phenoxy) is 1. The summed E-state index contributed by atoms with van der Waals surface area (Å²) in [6, 6.07) is 9.70. The zero-order valence-corrected chi connectivity index (χ0v) is 12.2. The lowest BCUT2D eigenvalue weighted by atomic mass is 10.1. The summed E-state index contributed by atoms with van der Waals surface area (Å²) in [5, 5.41) is 3.57. The molecule has 1 aliphatic carbocycles. The lowest BCUT2D eigenvalue weighted by Gasteiger charge is -2.20. The van der Waals surface area contributed by atoms with Crippen molar-refractivity contribution >= 4 is 0 Å². The van der Waals surface area contributed by atoms with Gasteiger partial charge >= 0.3 is 0 Å². The van der Waals surface area contributed by atoms with Crippen molar-refractivity contribution in [3.05, 3.63) is 35.4 Å². The van der Waals surface area contributed by atoms with E-state index in [2.05, 4.69) is 41.4 Å². The van der Waals surface area contributed by atoms with Crippen molar-refractivity contribution in [1.82, 2.24) is 10.2 Å². The highest BCUT2D eigenvalue weighted by Crippen LogP contribution is 2.19. The van der Waals surface area contributed by atoms with E-state index in [1.54, 1.807) is 7.11 Å². The van der Waals surface area contributed by atoms with Crippen LogP contribution in [0.5, 0.6) is 0 Å². The number of rotatable bonds is 9. The Balaban J connectivity index is 1.85. The van der Waals surface area contributed by atoms with E-state index in [4.69, 9.17) is 4.74 Å². The fourth-order valence-corrected chi connectivity index (χ4v) is 2.22. The molecule has 0 amide bonds. The van der Waals surface area contributed by atoms with E-state index in [0.717, 1.165) is 38.8 Å². The van der Waals surface area contributed by atoms with Gasteiger partial charge in [-0.2, -0.15) is 0 Å². The molecule has 1 fully saturated rings. The maximum absolute atomic E-state index is 5.16. The van der Waals surface area contributed by atoms with Crippen molar-refractivity contribution in [2.45, 2.75) is 38.9 Å². The van der Waals surface area contributed by atoms with E-state index >= 15 is 0 Å². The number of benzene rings is 1. The second kappa shape index (κ2) is 7.63. The molecule has 3 nitrogen and oxygen atoms in total. The third-order valence-electron chi connectivity index (χ3n) is 3.63. The molecule has 1 aromatic rings. The second-order valence-corrected chi connectivity index (χ2v) is 5.34. The number of hydrogen-bond acceptors (Lipinski definition) is 3. The van der Waals surface area contributed by atoms with Crippen LogP contribution in [0.15, 0.2) is 24.3 Å². The van der Waals surface area contributed by atoms with Crippen molar-refractivity contribution in [2.24, 2.45) is 0 Å². The lowest BCUT2D eigenvalue weighted by Crippen LogP contribution is -2.26. The van der Waals surface area contributed by atoms with Crippen LogP contribution in [-0.4, -0.2) is 37.7 Å². The number of methoxy groups -OCH3 is 1. The molecule has 0 radical (unpaired) electrons. The van der Waals surface area contributed by atoms with Crippen LogP contribution in [0, 0.1) is 0 Å². The standard InChI is InChI=1S/C16H26N2O/c1-3-18(9-10-19-2)13-15-6-4-5-14(11-15)12-17-16-7-8-16/h4-6,11,16-17H,3,7-10,12-13H2,1-2H3. The van der Waals surface area contributed by atoms with Gasteiger partial charge in [0.1, 0.15) is 0 Å². The molecule has 0 unspecified atom stereocenters. The van der Waals surface area contributed by atoms with Gasteiger partial charge in [-0.15, -0.1) is 0 Å². The normalized spacial score (nSPS) is 15.1. The summed E-state index contributed by atoms with van der Waals surface area (Å²) >= 11 is 0. The van der Waals surface area contributed by atoms with Crippen molar-refractivity contribution in [2.75, 3.05) is 26.8 Å². The average Bonchev–Trinajstić information content (AvgIpc) is 3.26. The number of hydrogen-bond donors (Lipinski definition) is 1. The molecular formula is C16H26N2O. The Morgan fingerprint density at radius 1 is 1.32 bits per heavy atom. The fourth-order valence-electron chi connectivity index (χ4n) is 2.22. The molecule has 0 bridgehead atoms. The molecule has 1 N–H and O–H groups in total. The van der Waals surface area contributed by atoms with Gasteiger partial charge in [0, 0.05) is 32.8 Å². The Bertz CT molecular complexity index is 377. The van der Waals surface area contributed by atoms with Crippen LogP contribution in [0.3, 0.4) is 0 Å². The van der Waals surface area contributed by atoms with Gasteiger partial charge in [-0.25, -0.2) is 0 Å². The topological polar surface area (TPSA) is 24.5 Å². The van der Waals surface area contributed by atoms with E-state index in [9.17, 15) is 0 Å². The van der Waals surface area contributed by atoms with Gasteiger partial charge < -0.3 is 10.1 Å². The molecule has 0 aromatic heterocycles. The van der Waals surface area contributed by atoms with Gasteiger partial charge in [0.25, 0.3) is 0 Å². The van der Waals surface area contributed by atoms with E-state index in [1.807, 2.05) is 0 Å².